The van der Waals surface area contributed by atoms with Crippen LogP contribution in [0.4, 0.5) is 11.4 Å². The molecule has 4 nitrogen and oxygen atoms in total. The molecule has 6 N–H and O–H groups in total. The number of hydrogen-bond acceptors (Lipinski definition) is 4. The van der Waals surface area contributed by atoms with E-state index in [0.29, 0.717) is 11.1 Å². The van der Waals surface area contributed by atoms with Gasteiger partial charge < -0.3 is 21.7 Å². The number of phenolic OH excluding ortho intramolecular Hbond substituents is 2. The average molecular weight is 240 g/mol. The fraction of sp³-hybridized carbons (Fsp3) is 0. The lowest BCUT2D eigenvalue weighted by atomic mass is 9.98. The summed E-state index contributed by atoms with van der Waals surface area (Å²) in [5.74, 6) is 2.43. The molecule has 0 heterocycles. The molecule has 0 saturated carbocycles. The van der Waals surface area contributed by atoms with Gasteiger partial charge in [-0.3, -0.25) is 0 Å². The second-order valence-electron chi connectivity index (χ2n) is 3.87. The molecular formula is C14H12N2O2. The molecule has 0 aromatic heterocycles. The van der Waals surface area contributed by atoms with Crippen molar-refractivity contribution in [3.05, 3.63) is 35.9 Å². The number of aromatic hydroxyl groups is 2. The van der Waals surface area contributed by atoms with Crippen LogP contribution >= 0.6 is 0 Å². The quantitative estimate of drug-likeness (QED) is 0.348. The maximum Gasteiger partial charge on any atom is 0.139 e. The standard InChI is InChI=1S/C14H12N2O2/c1-2-8-6-14(18)12(16)7-10(8)9-3-4-13(17)11(15)5-9/h1,3-7,17-18H,15-16H2. The number of terminal acetylenes is 1. The zero-order valence-electron chi connectivity index (χ0n) is 9.51. The Hall–Kier alpha value is -2.80. The highest BCUT2D eigenvalue weighted by Gasteiger charge is 2.09. The molecule has 0 radical (unpaired) electrons. The van der Waals surface area contributed by atoms with E-state index in [9.17, 15) is 10.2 Å². The molecule has 0 amide bonds. The summed E-state index contributed by atoms with van der Waals surface area (Å²) in [5, 5.41) is 18.9. The predicted octanol–water partition coefficient (Wildman–Crippen LogP) is 1.91. The van der Waals surface area contributed by atoms with Crippen LogP contribution in [-0.4, -0.2) is 10.2 Å². The molecule has 2 rings (SSSR count). The molecule has 0 unspecified atom stereocenters. The highest BCUT2D eigenvalue weighted by Crippen LogP contribution is 2.34. The molecule has 0 aliphatic heterocycles. The molecule has 0 saturated heterocycles. The molecule has 0 fully saturated rings. The van der Waals surface area contributed by atoms with Crippen LogP contribution in [0.2, 0.25) is 0 Å². The van der Waals surface area contributed by atoms with E-state index in [0.717, 1.165) is 5.56 Å². The lowest BCUT2D eigenvalue weighted by Gasteiger charge is -2.09. The third-order valence-electron chi connectivity index (χ3n) is 2.66. The number of rotatable bonds is 1. The number of benzene rings is 2. The van der Waals surface area contributed by atoms with Gasteiger partial charge in [0.05, 0.1) is 11.4 Å². The van der Waals surface area contributed by atoms with Gasteiger partial charge in [0, 0.05) is 5.56 Å². The van der Waals surface area contributed by atoms with Gasteiger partial charge in [0.25, 0.3) is 0 Å². The van der Waals surface area contributed by atoms with Crippen LogP contribution in [0.25, 0.3) is 11.1 Å². The maximum absolute atomic E-state index is 9.52. The minimum absolute atomic E-state index is 0.00718. The van der Waals surface area contributed by atoms with Crippen LogP contribution in [0.1, 0.15) is 5.56 Å². The summed E-state index contributed by atoms with van der Waals surface area (Å²) in [4.78, 5) is 0. The highest BCUT2D eigenvalue weighted by atomic mass is 16.3. The van der Waals surface area contributed by atoms with Gasteiger partial charge in [-0.2, -0.15) is 0 Å². The zero-order chi connectivity index (χ0) is 13.3. The fourth-order valence-electron chi connectivity index (χ4n) is 1.69. The van der Waals surface area contributed by atoms with E-state index >= 15 is 0 Å². The summed E-state index contributed by atoms with van der Waals surface area (Å²) < 4.78 is 0. The van der Waals surface area contributed by atoms with E-state index in [1.54, 1.807) is 18.2 Å². The van der Waals surface area contributed by atoms with Crippen LogP contribution < -0.4 is 11.5 Å². The Morgan fingerprint density at radius 1 is 0.944 bits per heavy atom. The Bertz CT molecular complexity index is 658. The third kappa shape index (κ3) is 1.89. The third-order valence-corrected chi connectivity index (χ3v) is 2.66. The smallest absolute Gasteiger partial charge is 0.139 e. The first-order valence-electron chi connectivity index (χ1n) is 5.21. The van der Waals surface area contributed by atoms with Crippen molar-refractivity contribution < 1.29 is 10.2 Å². The van der Waals surface area contributed by atoms with Gasteiger partial charge >= 0.3 is 0 Å². The van der Waals surface area contributed by atoms with E-state index in [1.165, 1.54) is 12.1 Å². The van der Waals surface area contributed by atoms with Gasteiger partial charge in [-0.1, -0.05) is 12.0 Å². The van der Waals surface area contributed by atoms with Gasteiger partial charge in [-0.05, 0) is 35.4 Å². The molecule has 0 spiro atoms. The summed E-state index contributed by atoms with van der Waals surface area (Å²) in [7, 11) is 0. The van der Waals surface area contributed by atoms with Crippen LogP contribution in [-0.2, 0) is 0 Å². The minimum Gasteiger partial charge on any atom is -0.506 e. The summed E-state index contributed by atoms with van der Waals surface area (Å²) in [6, 6.07) is 7.76. The van der Waals surface area contributed by atoms with Gasteiger partial charge in [0.2, 0.25) is 0 Å². The molecule has 2 aromatic carbocycles. The Labute approximate surface area is 104 Å². The Balaban J connectivity index is 2.67. The lowest BCUT2D eigenvalue weighted by Crippen LogP contribution is -1.92. The van der Waals surface area contributed by atoms with E-state index in [-0.39, 0.29) is 22.9 Å². The van der Waals surface area contributed by atoms with Crippen molar-refractivity contribution in [2.45, 2.75) is 0 Å². The van der Waals surface area contributed by atoms with Gasteiger partial charge in [-0.15, -0.1) is 6.42 Å². The van der Waals surface area contributed by atoms with Crippen molar-refractivity contribution in [1.29, 1.82) is 0 Å². The lowest BCUT2D eigenvalue weighted by molar-refractivity contribution is 0.477. The van der Waals surface area contributed by atoms with Crippen LogP contribution in [0.15, 0.2) is 30.3 Å². The minimum atomic E-state index is -0.0570. The topological polar surface area (TPSA) is 92.5 Å². The Morgan fingerprint density at radius 3 is 2.22 bits per heavy atom. The normalized spacial score (nSPS) is 9.94. The second-order valence-corrected chi connectivity index (χ2v) is 3.87. The first kappa shape index (κ1) is 11.7. The van der Waals surface area contributed by atoms with Crippen molar-refractivity contribution in [1.82, 2.24) is 0 Å². The largest absolute Gasteiger partial charge is 0.506 e. The Kier molecular flexibility index (Phi) is 2.74. The molecule has 2 aromatic rings. The van der Waals surface area contributed by atoms with Crippen molar-refractivity contribution in [2.75, 3.05) is 11.5 Å². The average Bonchev–Trinajstić information content (AvgIpc) is 2.35. The molecule has 0 atom stereocenters. The van der Waals surface area contributed by atoms with Crippen LogP contribution in [0.3, 0.4) is 0 Å². The summed E-state index contributed by atoms with van der Waals surface area (Å²) in [6.45, 7) is 0. The zero-order valence-corrected chi connectivity index (χ0v) is 9.51. The molecule has 0 bridgehead atoms. The summed E-state index contributed by atoms with van der Waals surface area (Å²) >= 11 is 0. The van der Waals surface area contributed by atoms with Crippen LogP contribution in [0.5, 0.6) is 11.5 Å². The summed E-state index contributed by atoms with van der Waals surface area (Å²) in [6.07, 6.45) is 5.39. The monoisotopic (exact) mass is 240 g/mol. The molecule has 90 valence electrons. The molecule has 0 aliphatic rings. The molecular weight excluding hydrogens is 228 g/mol. The molecule has 0 aliphatic carbocycles. The number of anilines is 2. The number of nitrogens with two attached hydrogens (primary N) is 2. The fourth-order valence-corrected chi connectivity index (χ4v) is 1.69. The van der Waals surface area contributed by atoms with Crippen molar-refractivity contribution in [2.24, 2.45) is 0 Å². The van der Waals surface area contributed by atoms with E-state index in [2.05, 4.69) is 5.92 Å². The summed E-state index contributed by atoms with van der Waals surface area (Å²) in [5.41, 5.74) is 13.7. The van der Waals surface area contributed by atoms with Gasteiger partial charge in [0.1, 0.15) is 11.5 Å². The van der Waals surface area contributed by atoms with Crippen molar-refractivity contribution in [3.8, 4) is 35.0 Å². The van der Waals surface area contributed by atoms with E-state index in [4.69, 9.17) is 17.9 Å². The van der Waals surface area contributed by atoms with E-state index in [1.807, 2.05) is 0 Å². The predicted molar refractivity (Wildman–Crippen MR) is 72.0 cm³/mol. The first-order valence-corrected chi connectivity index (χ1v) is 5.21. The van der Waals surface area contributed by atoms with E-state index < -0.39 is 0 Å². The van der Waals surface area contributed by atoms with Crippen LogP contribution in [0, 0.1) is 12.3 Å². The second kappa shape index (κ2) is 4.22. The maximum atomic E-state index is 9.52. The SMILES string of the molecule is C#Cc1cc(O)c(N)cc1-c1ccc(O)c(N)c1. The van der Waals surface area contributed by atoms with Gasteiger partial charge in [-0.25, -0.2) is 0 Å². The number of phenols is 2. The number of nitrogen functional groups attached to an aromatic ring is 2. The molecule has 18 heavy (non-hydrogen) atoms. The number of hydrogen-bond donors (Lipinski definition) is 4. The van der Waals surface area contributed by atoms with Crippen molar-refractivity contribution in [3.63, 3.8) is 0 Å². The molecule has 4 heteroatoms. The highest BCUT2D eigenvalue weighted by molar-refractivity contribution is 5.79. The van der Waals surface area contributed by atoms with Crippen molar-refractivity contribution >= 4 is 11.4 Å². The van der Waals surface area contributed by atoms with Gasteiger partial charge in [0.15, 0.2) is 0 Å². The first-order chi connectivity index (χ1) is 8.52. The Morgan fingerprint density at radius 2 is 1.61 bits per heavy atom.